The average molecular weight is 211 g/mol. The highest BCUT2D eigenvalue weighted by Gasteiger charge is 2.08. The average Bonchev–Trinajstić information content (AvgIpc) is 2.40. The zero-order chi connectivity index (χ0) is 10.4. The Hall–Kier alpha value is -0.670. The van der Waals surface area contributed by atoms with Crippen LogP contribution in [0.2, 0.25) is 0 Å². The fourth-order valence-electron chi connectivity index (χ4n) is 1.22. The topological polar surface area (TPSA) is 21.3 Å². The molecule has 1 fully saturated rings. The molecule has 0 amide bonds. The van der Waals surface area contributed by atoms with Crippen LogP contribution in [0.4, 0.5) is 0 Å². The maximum atomic E-state index is 5.20. The van der Waals surface area contributed by atoms with Crippen molar-refractivity contribution in [3.63, 3.8) is 0 Å². The molecule has 0 radical (unpaired) electrons. The highest BCUT2D eigenvalue weighted by Crippen LogP contribution is 2.24. The van der Waals surface area contributed by atoms with E-state index in [1.165, 1.54) is 5.57 Å². The maximum Gasteiger partial charge on any atom is 0.114 e. The van der Waals surface area contributed by atoms with Gasteiger partial charge in [0.05, 0.1) is 7.11 Å². The van der Waals surface area contributed by atoms with Crippen LogP contribution in [0.15, 0.2) is 35.0 Å². The Kier molecular flexibility index (Phi) is 4.84. The van der Waals surface area contributed by atoms with Crippen LogP contribution in [0.25, 0.3) is 0 Å². The number of ether oxygens (including phenoxy) is 1. The lowest BCUT2D eigenvalue weighted by molar-refractivity contribution is 0.305. The molecule has 1 saturated heterocycles. The number of nitrogens with one attached hydrogen (secondary N) is 1. The van der Waals surface area contributed by atoms with Crippen LogP contribution < -0.4 is 5.32 Å². The summed E-state index contributed by atoms with van der Waals surface area (Å²) in [6.45, 7) is 7.94. The smallest absolute Gasteiger partial charge is 0.114 e. The van der Waals surface area contributed by atoms with Crippen molar-refractivity contribution in [1.29, 1.82) is 0 Å². The third-order valence-corrected chi connectivity index (χ3v) is 3.08. The van der Waals surface area contributed by atoms with Crippen molar-refractivity contribution in [3.8, 4) is 0 Å². The van der Waals surface area contributed by atoms with Gasteiger partial charge >= 0.3 is 0 Å². The normalized spacial score (nSPS) is 22.3. The first-order valence-electron chi connectivity index (χ1n) is 4.71. The molecule has 0 aromatic heterocycles. The molecule has 0 bridgehead atoms. The van der Waals surface area contributed by atoms with Crippen LogP contribution in [0, 0.1) is 0 Å². The molecule has 1 aliphatic rings. The predicted molar refractivity (Wildman–Crippen MR) is 63.3 cm³/mol. The fraction of sp³-hybridized carbons (Fsp3) is 0.455. The molecule has 14 heavy (non-hydrogen) atoms. The molecule has 2 nitrogen and oxygen atoms in total. The SMILES string of the molecule is C=C1SCCNC/C1=C/C(=C\C)OC. The van der Waals surface area contributed by atoms with E-state index >= 15 is 0 Å². The number of allylic oxidation sites excluding steroid dienone is 2. The van der Waals surface area contributed by atoms with E-state index in [-0.39, 0.29) is 0 Å². The summed E-state index contributed by atoms with van der Waals surface area (Å²) < 4.78 is 5.20. The molecule has 0 aliphatic carbocycles. The van der Waals surface area contributed by atoms with Crippen molar-refractivity contribution in [2.45, 2.75) is 6.92 Å². The summed E-state index contributed by atoms with van der Waals surface area (Å²) in [5.41, 5.74) is 1.22. The van der Waals surface area contributed by atoms with Gasteiger partial charge in [-0.15, -0.1) is 11.8 Å². The van der Waals surface area contributed by atoms with Crippen LogP contribution in [-0.4, -0.2) is 26.0 Å². The molecular weight excluding hydrogens is 194 g/mol. The number of hydrogen-bond acceptors (Lipinski definition) is 3. The first-order valence-corrected chi connectivity index (χ1v) is 5.70. The van der Waals surface area contributed by atoms with Gasteiger partial charge in [0.1, 0.15) is 5.76 Å². The van der Waals surface area contributed by atoms with E-state index in [1.54, 1.807) is 18.9 Å². The second kappa shape index (κ2) is 5.94. The summed E-state index contributed by atoms with van der Waals surface area (Å²) >= 11 is 1.80. The number of hydrogen-bond donors (Lipinski definition) is 1. The van der Waals surface area contributed by atoms with Gasteiger partial charge in [-0.2, -0.15) is 0 Å². The van der Waals surface area contributed by atoms with Crippen molar-refractivity contribution in [2.75, 3.05) is 26.0 Å². The van der Waals surface area contributed by atoms with E-state index in [4.69, 9.17) is 4.74 Å². The molecule has 0 unspecified atom stereocenters. The van der Waals surface area contributed by atoms with Gasteiger partial charge in [0.15, 0.2) is 0 Å². The van der Waals surface area contributed by atoms with Gasteiger partial charge in [0.25, 0.3) is 0 Å². The first-order chi connectivity index (χ1) is 6.77. The maximum absolute atomic E-state index is 5.20. The van der Waals surface area contributed by atoms with Gasteiger partial charge < -0.3 is 10.1 Å². The number of thioether (sulfide) groups is 1. The van der Waals surface area contributed by atoms with Crippen LogP contribution in [0.5, 0.6) is 0 Å². The van der Waals surface area contributed by atoms with Crippen molar-refractivity contribution in [3.05, 3.63) is 35.0 Å². The Morgan fingerprint density at radius 2 is 2.43 bits per heavy atom. The summed E-state index contributed by atoms with van der Waals surface area (Å²) in [7, 11) is 1.69. The lowest BCUT2D eigenvalue weighted by atomic mass is 10.2. The van der Waals surface area contributed by atoms with Gasteiger partial charge in [-0.3, -0.25) is 0 Å². The molecule has 0 aromatic carbocycles. The van der Waals surface area contributed by atoms with Crippen LogP contribution in [0.3, 0.4) is 0 Å². The molecule has 0 atom stereocenters. The summed E-state index contributed by atoms with van der Waals surface area (Å²) in [5.74, 6) is 1.99. The number of rotatable bonds is 2. The largest absolute Gasteiger partial charge is 0.497 e. The highest BCUT2D eigenvalue weighted by atomic mass is 32.2. The Labute approximate surface area is 90.1 Å². The molecule has 1 rings (SSSR count). The van der Waals surface area contributed by atoms with Gasteiger partial charge in [-0.05, 0) is 24.6 Å². The predicted octanol–water partition coefficient (Wildman–Crippen LogP) is 2.31. The summed E-state index contributed by atoms with van der Waals surface area (Å²) in [4.78, 5) is 1.14. The lowest BCUT2D eigenvalue weighted by Crippen LogP contribution is -2.17. The molecule has 0 aromatic rings. The second-order valence-electron chi connectivity index (χ2n) is 3.01. The Bertz CT molecular complexity index is 268. The summed E-state index contributed by atoms with van der Waals surface area (Å²) in [6, 6.07) is 0. The minimum absolute atomic E-state index is 0.881. The van der Waals surface area contributed by atoms with E-state index in [0.29, 0.717) is 0 Å². The van der Waals surface area contributed by atoms with E-state index in [1.807, 2.05) is 19.1 Å². The molecule has 3 heteroatoms. The zero-order valence-corrected chi connectivity index (χ0v) is 9.62. The number of methoxy groups -OCH3 is 1. The monoisotopic (exact) mass is 211 g/mol. The van der Waals surface area contributed by atoms with Crippen molar-refractivity contribution < 1.29 is 4.74 Å². The molecule has 1 heterocycles. The van der Waals surface area contributed by atoms with Gasteiger partial charge in [0, 0.05) is 23.7 Å². The van der Waals surface area contributed by atoms with Crippen LogP contribution in [-0.2, 0) is 4.74 Å². The van der Waals surface area contributed by atoms with Crippen molar-refractivity contribution in [2.24, 2.45) is 0 Å². The van der Waals surface area contributed by atoms with Gasteiger partial charge in [-0.25, -0.2) is 0 Å². The first kappa shape index (κ1) is 11.4. The fourth-order valence-corrected chi connectivity index (χ4v) is 2.03. The van der Waals surface area contributed by atoms with Crippen LogP contribution in [0.1, 0.15) is 6.92 Å². The van der Waals surface area contributed by atoms with Crippen molar-refractivity contribution in [1.82, 2.24) is 5.32 Å². The Morgan fingerprint density at radius 1 is 1.64 bits per heavy atom. The van der Waals surface area contributed by atoms with E-state index in [9.17, 15) is 0 Å². The Morgan fingerprint density at radius 3 is 3.07 bits per heavy atom. The van der Waals surface area contributed by atoms with E-state index < -0.39 is 0 Å². The standard InChI is InChI=1S/C11H17NOS/c1-4-11(13-3)7-10-8-12-5-6-14-9(10)2/h4,7,12H,2,5-6,8H2,1,3H3/b10-7-,11-4+. The Balaban J connectivity index is 2.76. The molecule has 0 spiro atoms. The third-order valence-electron chi connectivity index (χ3n) is 2.07. The van der Waals surface area contributed by atoms with Gasteiger partial charge in [0.2, 0.25) is 0 Å². The zero-order valence-electron chi connectivity index (χ0n) is 8.80. The van der Waals surface area contributed by atoms with E-state index in [2.05, 4.69) is 11.9 Å². The lowest BCUT2D eigenvalue weighted by Gasteiger charge is -2.07. The van der Waals surface area contributed by atoms with E-state index in [0.717, 1.165) is 29.5 Å². The van der Waals surface area contributed by atoms with Gasteiger partial charge in [-0.1, -0.05) is 6.58 Å². The summed E-state index contributed by atoms with van der Waals surface area (Å²) in [5, 5.41) is 3.35. The second-order valence-corrected chi connectivity index (χ2v) is 4.20. The molecule has 78 valence electrons. The minimum atomic E-state index is 0.881. The van der Waals surface area contributed by atoms with Crippen LogP contribution >= 0.6 is 11.8 Å². The molecule has 1 N–H and O–H groups in total. The molecular formula is C11H17NOS. The third kappa shape index (κ3) is 3.24. The summed E-state index contributed by atoms with van der Waals surface area (Å²) in [6.07, 6.45) is 4.00. The molecule has 1 aliphatic heterocycles. The quantitative estimate of drug-likeness (QED) is 0.708. The minimum Gasteiger partial charge on any atom is -0.497 e. The van der Waals surface area contributed by atoms with Crippen molar-refractivity contribution >= 4 is 11.8 Å². The molecule has 0 saturated carbocycles. The highest BCUT2D eigenvalue weighted by molar-refractivity contribution is 8.03.